The fourth-order valence-corrected chi connectivity index (χ4v) is 4.54. The molecule has 0 unspecified atom stereocenters. The number of amides is 1. The van der Waals surface area contributed by atoms with Crippen LogP contribution in [0.1, 0.15) is 35.6 Å². The summed E-state index contributed by atoms with van der Waals surface area (Å²) in [5.41, 5.74) is 0.0228. The summed E-state index contributed by atoms with van der Waals surface area (Å²) in [5.74, 6) is -0.199. The normalized spacial score (nSPS) is 14.9. The number of benzene rings is 1. The molecule has 3 aromatic heterocycles. The van der Waals surface area contributed by atoms with E-state index in [0.717, 1.165) is 28.5 Å². The number of carbonyl (C=O) groups excluding carboxylic acids is 1. The van der Waals surface area contributed by atoms with Gasteiger partial charge in [-0.1, -0.05) is 11.6 Å². The SMILES string of the molecule is O=C(c1ncccc1-n1cnc(Cn2nc(-c3ccc(Cl)cc3)n(C[C@H](O)C(F)(F)F)c2=O)n1)N1CCCCC1. The van der Waals surface area contributed by atoms with Gasteiger partial charge >= 0.3 is 11.9 Å². The summed E-state index contributed by atoms with van der Waals surface area (Å²) in [6, 6.07) is 9.33. The van der Waals surface area contributed by atoms with E-state index in [-0.39, 0.29) is 29.8 Å². The Hall–Kier alpha value is -4.04. The van der Waals surface area contributed by atoms with E-state index in [1.807, 2.05) is 0 Å². The molecule has 0 aliphatic carbocycles. The molecule has 1 amide bonds. The molecule has 210 valence electrons. The predicted octanol–water partition coefficient (Wildman–Crippen LogP) is 2.94. The third kappa shape index (κ3) is 5.77. The first-order valence-electron chi connectivity index (χ1n) is 12.5. The third-order valence-electron chi connectivity index (χ3n) is 6.47. The molecule has 1 aliphatic rings. The molecular weight excluding hydrogens is 553 g/mol. The van der Waals surface area contributed by atoms with Crippen LogP contribution in [0.15, 0.2) is 53.7 Å². The molecule has 15 heteroatoms. The Labute approximate surface area is 230 Å². The van der Waals surface area contributed by atoms with Gasteiger partial charge in [0.2, 0.25) is 0 Å². The van der Waals surface area contributed by atoms with E-state index in [2.05, 4.69) is 20.2 Å². The van der Waals surface area contributed by atoms with Crippen LogP contribution in [0.2, 0.25) is 5.02 Å². The number of aliphatic hydroxyl groups excluding tert-OH is 1. The second-order valence-electron chi connectivity index (χ2n) is 9.27. The van der Waals surface area contributed by atoms with Crippen LogP contribution in [0.4, 0.5) is 13.2 Å². The molecule has 4 aromatic rings. The number of carbonyl (C=O) groups is 1. The van der Waals surface area contributed by atoms with E-state index in [9.17, 15) is 27.9 Å². The van der Waals surface area contributed by atoms with E-state index in [4.69, 9.17) is 11.6 Å². The summed E-state index contributed by atoms with van der Waals surface area (Å²) in [4.78, 5) is 36.5. The minimum Gasteiger partial charge on any atom is -0.382 e. The molecule has 1 N–H and O–H groups in total. The Morgan fingerprint density at radius 2 is 1.77 bits per heavy atom. The first-order valence-corrected chi connectivity index (χ1v) is 12.8. The summed E-state index contributed by atoms with van der Waals surface area (Å²) < 4.78 is 42.4. The van der Waals surface area contributed by atoms with Crippen LogP contribution < -0.4 is 5.69 Å². The van der Waals surface area contributed by atoms with E-state index < -0.39 is 24.5 Å². The number of rotatable bonds is 7. The maximum Gasteiger partial charge on any atom is 0.416 e. The molecule has 0 bridgehead atoms. The minimum absolute atomic E-state index is 0.0916. The third-order valence-corrected chi connectivity index (χ3v) is 6.72. The summed E-state index contributed by atoms with van der Waals surface area (Å²) in [7, 11) is 0. The number of piperidine rings is 1. The molecule has 40 heavy (non-hydrogen) atoms. The topological polar surface area (TPSA) is 124 Å². The summed E-state index contributed by atoms with van der Waals surface area (Å²) in [6.07, 6.45) is -1.95. The Bertz CT molecular complexity index is 1560. The van der Waals surface area contributed by atoms with Gasteiger partial charge in [-0.2, -0.15) is 13.2 Å². The van der Waals surface area contributed by atoms with Gasteiger partial charge in [0.1, 0.15) is 12.9 Å². The lowest BCUT2D eigenvalue weighted by Gasteiger charge is -2.26. The van der Waals surface area contributed by atoms with Crippen molar-refractivity contribution in [2.45, 2.75) is 44.6 Å². The van der Waals surface area contributed by atoms with Crippen LogP contribution in [0.5, 0.6) is 0 Å². The largest absolute Gasteiger partial charge is 0.416 e. The lowest BCUT2D eigenvalue weighted by atomic mass is 10.1. The van der Waals surface area contributed by atoms with Crippen LogP contribution >= 0.6 is 11.6 Å². The molecular formula is C25H24ClF3N8O3. The lowest BCUT2D eigenvalue weighted by Crippen LogP contribution is -2.37. The number of likely N-dealkylation sites (tertiary alicyclic amines) is 1. The van der Waals surface area contributed by atoms with Crippen molar-refractivity contribution in [1.29, 1.82) is 0 Å². The van der Waals surface area contributed by atoms with Gasteiger partial charge in [-0.3, -0.25) is 9.36 Å². The highest BCUT2D eigenvalue weighted by Crippen LogP contribution is 2.24. The number of alkyl halides is 3. The first-order chi connectivity index (χ1) is 19.1. The standard InChI is InChI=1S/C25H24ClF3N8O3/c26-17-8-6-16(7-9-17)22-33-36(24(40)35(22)13-19(38)25(27,28)29)14-20-31-15-37(32-20)18-5-4-10-30-21(18)23(39)34-11-2-1-3-12-34/h4-10,15,19,38H,1-3,11-14H2/t19-/m0/s1. The van der Waals surface area contributed by atoms with Gasteiger partial charge in [0.15, 0.2) is 23.4 Å². The highest BCUT2D eigenvalue weighted by molar-refractivity contribution is 6.30. The monoisotopic (exact) mass is 576 g/mol. The van der Waals surface area contributed by atoms with Gasteiger partial charge in [-0.05, 0) is 55.7 Å². The van der Waals surface area contributed by atoms with Gasteiger partial charge in [-0.15, -0.1) is 10.2 Å². The summed E-state index contributed by atoms with van der Waals surface area (Å²) in [5, 5.41) is 18.6. The van der Waals surface area contributed by atoms with Gasteiger partial charge in [-0.25, -0.2) is 24.1 Å². The molecule has 1 fully saturated rings. The fraction of sp³-hybridized carbons (Fsp3) is 0.360. The van der Waals surface area contributed by atoms with Crippen molar-refractivity contribution in [3.63, 3.8) is 0 Å². The molecule has 0 radical (unpaired) electrons. The number of pyridine rings is 1. The van der Waals surface area contributed by atoms with Crippen molar-refractivity contribution in [1.82, 2.24) is 39.0 Å². The Balaban J connectivity index is 1.45. The molecule has 1 aliphatic heterocycles. The Kier molecular flexibility index (Phi) is 7.72. The summed E-state index contributed by atoms with van der Waals surface area (Å²) in [6.45, 7) is -0.0545. The van der Waals surface area contributed by atoms with Gasteiger partial charge in [0.25, 0.3) is 5.91 Å². The zero-order chi connectivity index (χ0) is 28.4. The van der Waals surface area contributed by atoms with Crippen molar-refractivity contribution in [3.05, 3.63) is 75.9 Å². The van der Waals surface area contributed by atoms with Crippen molar-refractivity contribution in [2.75, 3.05) is 13.1 Å². The molecule has 4 heterocycles. The highest BCUT2D eigenvalue weighted by Gasteiger charge is 2.39. The number of nitrogens with zero attached hydrogens (tertiary/aromatic N) is 8. The number of aliphatic hydroxyl groups is 1. The smallest absolute Gasteiger partial charge is 0.382 e. The average molecular weight is 577 g/mol. The highest BCUT2D eigenvalue weighted by atomic mass is 35.5. The van der Waals surface area contributed by atoms with Crippen LogP contribution in [0.25, 0.3) is 17.1 Å². The van der Waals surface area contributed by atoms with Crippen molar-refractivity contribution >= 4 is 17.5 Å². The number of halogens is 4. The maximum absolute atomic E-state index is 13.1. The molecule has 11 nitrogen and oxygen atoms in total. The van der Waals surface area contributed by atoms with E-state index >= 15 is 0 Å². The minimum atomic E-state index is -4.94. The quantitative estimate of drug-likeness (QED) is 0.359. The van der Waals surface area contributed by atoms with Crippen LogP contribution in [-0.4, -0.2) is 75.4 Å². The molecule has 0 saturated carbocycles. The van der Waals surface area contributed by atoms with E-state index in [1.54, 1.807) is 17.0 Å². The zero-order valence-corrected chi connectivity index (χ0v) is 21.8. The summed E-state index contributed by atoms with van der Waals surface area (Å²) >= 11 is 5.92. The van der Waals surface area contributed by atoms with Crippen molar-refractivity contribution in [3.8, 4) is 17.1 Å². The molecule has 1 atom stereocenters. The number of aromatic nitrogens is 7. The van der Waals surface area contributed by atoms with Gasteiger partial charge in [0.05, 0.1) is 12.2 Å². The number of hydrogen-bond acceptors (Lipinski definition) is 7. The van der Waals surface area contributed by atoms with Crippen LogP contribution in [0, 0.1) is 0 Å². The maximum atomic E-state index is 13.1. The predicted molar refractivity (Wildman–Crippen MR) is 137 cm³/mol. The van der Waals surface area contributed by atoms with Gasteiger partial charge in [0, 0.05) is 29.9 Å². The number of hydrogen-bond donors (Lipinski definition) is 1. The van der Waals surface area contributed by atoms with E-state index in [0.29, 0.717) is 29.4 Å². The second kappa shape index (κ2) is 11.2. The molecule has 1 saturated heterocycles. The Morgan fingerprint density at radius 3 is 2.48 bits per heavy atom. The van der Waals surface area contributed by atoms with Crippen molar-refractivity contribution < 1.29 is 23.1 Å². The van der Waals surface area contributed by atoms with E-state index in [1.165, 1.54) is 41.5 Å². The molecule has 5 rings (SSSR count). The van der Waals surface area contributed by atoms with Gasteiger partial charge < -0.3 is 10.0 Å². The molecule has 1 aromatic carbocycles. The zero-order valence-electron chi connectivity index (χ0n) is 21.0. The average Bonchev–Trinajstić information content (AvgIpc) is 3.53. The molecule has 0 spiro atoms. The first kappa shape index (κ1) is 27.5. The lowest BCUT2D eigenvalue weighted by molar-refractivity contribution is -0.207. The van der Waals surface area contributed by atoms with Crippen LogP contribution in [-0.2, 0) is 13.1 Å². The second-order valence-corrected chi connectivity index (χ2v) is 9.70. The fourth-order valence-electron chi connectivity index (χ4n) is 4.41. The Morgan fingerprint density at radius 1 is 1.05 bits per heavy atom. The van der Waals surface area contributed by atoms with Crippen molar-refractivity contribution in [2.24, 2.45) is 0 Å². The van der Waals surface area contributed by atoms with Crippen LogP contribution in [0.3, 0.4) is 0 Å².